The monoisotopic (exact) mass is 229 g/mol. The van der Waals surface area contributed by atoms with E-state index in [2.05, 4.69) is 50.8 Å². The van der Waals surface area contributed by atoms with Crippen molar-refractivity contribution in [2.24, 2.45) is 5.41 Å². The Bertz CT molecular complexity index is 457. The zero-order valence-corrected chi connectivity index (χ0v) is 11.5. The minimum atomic E-state index is 0.270. The quantitative estimate of drug-likeness (QED) is 0.655. The van der Waals surface area contributed by atoms with Gasteiger partial charge in [-0.3, -0.25) is 0 Å². The standard InChI is InChI=1S/C16H23N/c1-15(2)11-17-10-6-8-12-7-5-9-13(14(12)17)16(15,3)4/h5,7,9H,6,8,10-11H2,1-4H3. The molecule has 0 radical (unpaired) electrons. The second kappa shape index (κ2) is 3.28. The van der Waals surface area contributed by atoms with Crippen LogP contribution in [0.25, 0.3) is 0 Å². The minimum absolute atomic E-state index is 0.270. The molecule has 0 spiro atoms. The maximum atomic E-state index is 2.62. The number of para-hydroxylation sites is 1. The predicted molar refractivity (Wildman–Crippen MR) is 73.8 cm³/mol. The van der Waals surface area contributed by atoms with Crippen molar-refractivity contribution in [3.63, 3.8) is 0 Å². The topological polar surface area (TPSA) is 3.24 Å². The van der Waals surface area contributed by atoms with Crippen LogP contribution in [0.15, 0.2) is 18.2 Å². The highest BCUT2D eigenvalue weighted by Crippen LogP contribution is 2.51. The molecule has 1 heteroatoms. The summed E-state index contributed by atoms with van der Waals surface area (Å²) in [6.07, 6.45) is 2.57. The Morgan fingerprint density at radius 2 is 1.88 bits per heavy atom. The number of aryl methyl sites for hydroxylation is 1. The number of rotatable bonds is 0. The van der Waals surface area contributed by atoms with Gasteiger partial charge in [-0.05, 0) is 34.8 Å². The zero-order valence-electron chi connectivity index (χ0n) is 11.5. The van der Waals surface area contributed by atoms with Crippen LogP contribution in [0.5, 0.6) is 0 Å². The van der Waals surface area contributed by atoms with Crippen molar-refractivity contribution in [3.8, 4) is 0 Å². The summed E-state index contributed by atoms with van der Waals surface area (Å²) in [6.45, 7) is 12.1. The molecule has 0 saturated heterocycles. The zero-order chi connectivity index (χ0) is 12.3. The van der Waals surface area contributed by atoms with E-state index in [9.17, 15) is 0 Å². The Balaban J connectivity index is 2.26. The molecule has 0 N–H and O–H groups in total. The largest absolute Gasteiger partial charge is 0.370 e. The van der Waals surface area contributed by atoms with Crippen LogP contribution >= 0.6 is 0 Å². The van der Waals surface area contributed by atoms with Crippen LogP contribution in [-0.4, -0.2) is 13.1 Å². The fraction of sp³-hybridized carbons (Fsp3) is 0.625. The smallest absolute Gasteiger partial charge is 0.0437 e. The van der Waals surface area contributed by atoms with Gasteiger partial charge in [0, 0.05) is 18.8 Å². The van der Waals surface area contributed by atoms with Gasteiger partial charge in [0.2, 0.25) is 0 Å². The maximum absolute atomic E-state index is 2.62. The maximum Gasteiger partial charge on any atom is 0.0437 e. The van der Waals surface area contributed by atoms with E-state index in [0.717, 1.165) is 0 Å². The van der Waals surface area contributed by atoms with E-state index in [0.29, 0.717) is 5.41 Å². The SMILES string of the molecule is CC1(C)CN2CCCc3cccc(c32)C1(C)C. The second-order valence-electron chi connectivity index (χ2n) is 6.85. The first kappa shape index (κ1) is 11.1. The van der Waals surface area contributed by atoms with Gasteiger partial charge < -0.3 is 4.90 Å². The first-order chi connectivity index (χ1) is 7.93. The van der Waals surface area contributed by atoms with E-state index in [-0.39, 0.29) is 5.41 Å². The van der Waals surface area contributed by atoms with Crippen LogP contribution in [-0.2, 0) is 11.8 Å². The summed E-state index contributed by atoms with van der Waals surface area (Å²) in [6, 6.07) is 6.91. The lowest BCUT2D eigenvalue weighted by Gasteiger charge is -2.53. The van der Waals surface area contributed by atoms with Gasteiger partial charge in [-0.2, -0.15) is 0 Å². The number of benzene rings is 1. The van der Waals surface area contributed by atoms with E-state index >= 15 is 0 Å². The van der Waals surface area contributed by atoms with Crippen molar-refractivity contribution >= 4 is 5.69 Å². The van der Waals surface area contributed by atoms with Gasteiger partial charge in [-0.25, -0.2) is 0 Å². The van der Waals surface area contributed by atoms with E-state index in [1.807, 2.05) is 0 Å². The minimum Gasteiger partial charge on any atom is -0.370 e. The first-order valence-electron chi connectivity index (χ1n) is 6.81. The molecule has 0 unspecified atom stereocenters. The molecule has 3 rings (SSSR count). The summed E-state index contributed by atoms with van der Waals surface area (Å²) in [5, 5.41) is 0. The molecule has 0 aromatic heterocycles. The Morgan fingerprint density at radius 1 is 1.12 bits per heavy atom. The van der Waals surface area contributed by atoms with Gasteiger partial charge in [-0.1, -0.05) is 45.9 Å². The van der Waals surface area contributed by atoms with Crippen LogP contribution in [0.2, 0.25) is 0 Å². The highest BCUT2D eigenvalue weighted by atomic mass is 15.2. The summed E-state index contributed by atoms with van der Waals surface area (Å²) in [5.41, 5.74) is 5.30. The highest BCUT2D eigenvalue weighted by Gasteiger charge is 2.46. The molecule has 0 saturated carbocycles. The Hall–Kier alpha value is -0.980. The summed E-state index contributed by atoms with van der Waals surface area (Å²) >= 11 is 0. The van der Waals surface area contributed by atoms with Gasteiger partial charge in [0.25, 0.3) is 0 Å². The van der Waals surface area contributed by atoms with Gasteiger partial charge in [0.05, 0.1) is 0 Å². The van der Waals surface area contributed by atoms with Crippen molar-refractivity contribution in [2.75, 3.05) is 18.0 Å². The predicted octanol–water partition coefficient (Wildman–Crippen LogP) is 3.76. The van der Waals surface area contributed by atoms with Crippen molar-refractivity contribution in [3.05, 3.63) is 29.3 Å². The summed E-state index contributed by atoms with van der Waals surface area (Å²) in [4.78, 5) is 2.62. The van der Waals surface area contributed by atoms with Crippen molar-refractivity contribution in [1.29, 1.82) is 0 Å². The van der Waals surface area contributed by atoms with Gasteiger partial charge in [0.15, 0.2) is 0 Å². The third-order valence-corrected chi connectivity index (χ3v) is 5.26. The fourth-order valence-electron chi connectivity index (χ4n) is 3.44. The molecule has 0 aliphatic carbocycles. The normalized spacial score (nSPS) is 24.4. The molecule has 0 bridgehead atoms. The van der Waals surface area contributed by atoms with E-state index in [1.54, 1.807) is 16.8 Å². The van der Waals surface area contributed by atoms with Gasteiger partial charge in [-0.15, -0.1) is 0 Å². The first-order valence-corrected chi connectivity index (χ1v) is 6.81. The van der Waals surface area contributed by atoms with Crippen molar-refractivity contribution in [1.82, 2.24) is 0 Å². The second-order valence-corrected chi connectivity index (χ2v) is 6.85. The summed E-state index contributed by atoms with van der Waals surface area (Å²) < 4.78 is 0. The number of anilines is 1. The van der Waals surface area contributed by atoms with Crippen LogP contribution in [0.3, 0.4) is 0 Å². The number of hydrogen-bond donors (Lipinski definition) is 0. The lowest BCUT2D eigenvalue weighted by atomic mass is 9.60. The average molecular weight is 229 g/mol. The van der Waals surface area contributed by atoms with Gasteiger partial charge >= 0.3 is 0 Å². The molecule has 2 heterocycles. The third kappa shape index (κ3) is 1.38. The molecule has 0 amide bonds. The lowest BCUT2D eigenvalue weighted by Crippen LogP contribution is -2.52. The molecular formula is C16H23N. The highest BCUT2D eigenvalue weighted by molar-refractivity contribution is 5.66. The molecule has 0 fully saturated rings. The lowest BCUT2D eigenvalue weighted by molar-refractivity contribution is 0.188. The molecule has 2 aliphatic rings. The Kier molecular flexibility index (Phi) is 2.14. The molecule has 17 heavy (non-hydrogen) atoms. The van der Waals surface area contributed by atoms with Crippen molar-refractivity contribution in [2.45, 2.75) is 46.0 Å². The van der Waals surface area contributed by atoms with Crippen molar-refractivity contribution < 1.29 is 0 Å². The molecule has 1 aromatic rings. The molecule has 0 atom stereocenters. The fourth-order valence-corrected chi connectivity index (χ4v) is 3.44. The average Bonchev–Trinajstić information content (AvgIpc) is 2.26. The van der Waals surface area contributed by atoms with Crippen LogP contribution in [0.1, 0.15) is 45.2 Å². The van der Waals surface area contributed by atoms with Gasteiger partial charge in [0.1, 0.15) is 0 Å². The van der Waals surface area contributed by atoms with Crippen LogP contribution in [0.4, 0.5) is 5.69 Å². The Labute approximate surface area is 105 Å². The number of nitrogens with zero attached hydrogens (tertiary/aromatic N) is 1. The molecular weight excluding hydrogens is 206 g/mol. The number of hydrogen-bond acceptors (Lipinski definition) is 1. The van der Waals surface area contributed by atoms with E-state index in [4.69, 9.17) is 0 Å². The summed E-state index contributed by atoms with van der Waals surface area (Å²) in [7, 11) is 0. The third-order valence-electron chi connectivity index (χ3n) is 5.26. The molecule has 1 nitrogen and oxygen atoms in total. The Morgan fingerprint density at radius 3 is 2.65 bits per heavy atom. The molecule has 2 aliphatic heterocycles. The van der Waals surface area contributed by atoms with Crippen LogP contribution < -0.4 is 4.90 Å². The molecule has 1 aromatic carbocycles. The van der Waals surface area contributed by atoms with E-state index < -0.39 is 0 Å². The molecule has 92 valence electrons. The van der Waals surface area contributed by atoms with Crippen LogP contribution in [0, 0.1) is 5.41 Å². The van der Waals surface area contributed by atoms with E-state index in [1.165, 1.54) is 25.9 Å². The summed E-state index contributed by atoms with van der Waals surface area (Å²) in [5.74, 6) is 0.